The van der Waals surface area contributed by atoms with E-state index in [0.29, 0.717) is 10.8 Å². The maximum absolute atomic E-state index is 11.8. The number of imide groups is 1. The summed E-state index contributed by atoms with van der Waals surface area (Å²) < 4.78 is 1.67. The number of rotatable bonds is 5. The molecule has 1 heterocycles. The van der Waals surface area contributed by atoms with Crippen molar-refractivity contribution in [3.63, 3.8) is 0 Å². The normalized spacial score (nSPS) is 11.6. The Labute approximate surface area is 142 Å². The van der Waals surface area contributed by atoms with Crippen LogP contribution in [0.4, 0.5) is 10.5 Å². The third kappa shape index (κ3) is 4.56. The molecular weight excluding hydrogens is 332 g/mol. The number of urea groups is 1. The summed E-state index contributed by atoms with van der Waals surface area (Å²) in [6.45, 7) is 3.04. The number of hydrogen-bond acceptors (Lipinski definition) is 6. The number of amides is 4. The van der Waals surface area contributed by atoms with Crippen molar-refractivity contribution >= 4 is 35.3 Å². The number of aromatic nitrogens is 3. The van der Waals surface area contributed by atoms with E-state index in [1.807, 2.05) is 11.4 Å². The van der Waals surface area contributed by atoms with Crippen LogP contribution in [0.1, 0.15) is 13.8 Å². The summed E-state index contributed by atoms with van der Waals surface area (Å²) >= 11 is 1.12. The van der Waals surface area contributed by atoms with E-state index in [1.165, 1.54) is 13.3 Å². The molecule has 0 saturated carbocycles. The van der Waals surface area contributed by atoms with Crippen LogP contribution >= 0.6 is 11.8 Å². The number of thioether (sulfide) groups is 1. The highest BCUT2D eigenvalue weighted by Gasteiger charge is 2.19. The SMILES string of the molecule is CC(=O)Nc1cccc(-n2cnnc2S[C@H](C)C(=O)NC(N)=O)c1. The second kappa shape index (κ2) is 7.59. The first-order valence-electron chi connectivity index (χ1n) is 6.92. The lowest BCUT2D eigenvalue weighted by atomic mass is 10.2. The molecule has 126 valence electrons. The molecule has 2 rings (SSSR count). The van der Waals surface area contributed by atoms with E-state index in [1.54, 1.807) is 29.7 Å². The van der Waals surface area contributed by atoms with Crippen LogP contribution < -0.4 is 16.4 Å². The van der Waals surface area contributed by atoms with Crippen LogP contribution in [0.3, 0.4) is 0 Å². The first kappa shape index (κ1) is 17.5. The van der Waals surface area contributed by atoms with Gasteiger partial charge in [0.05, 0.1) is 10.9 Å². The van der Waals surface area contributed by atoms with Gasteiger partial charge in [0.2, 0.25) is 11.8 Å². The van der Waals surface area contributed by atoms with Crippen molar-refractivity contribution in [3.05, 3.63) is 30.6 Å². The first-order valence-corrected chi connectivity index (χ1v) is 7.80. The van der Waals surface area contributed by atoms with Gasteiger partial charge < -0.3 is 11.1 Å². The van der Waals surface area contributed by atoms with E-state index in [0.717, 1.165) is 17.4 Å². The Balaban J connectivity index is 2.20. The molecule has 0 aliphatic carbocycles. The average molecular weight is 348 g/mol. The lowest BCUT2D eigenvalue weighted by Gasteiger charge is -2.11. The standard InChI is InChI=1S/C14H16N6O3S/c1-8(12(22)18-13(15)23)24-14-19-16-7-20(14)11-5-3-4-10(6-11)17-9(2)21/h3-8H,1-2H3,(H,17,21)(H3,15,18,22,23)/t8-/m1/s1. The monoisotopic (exact) mass is 348 g/mol. The van der Waals surface area contributed by atoms with Crippen LogP contribution in [-0.2, 0) is 9.59 Å². The number of anilines is 1. The molecule has 1 aromatic heterocycles. The molecule has 0 aliphatic rings. The summed E-state index contributed by atoms with van der Waals surface area (Å²) in [7, 11) is 0. The molecule has 0 saturated heterocycles. The number of primary amides is 1. The summed E-state index contributed by atoms with van der Waals surface area (Å²) in [4.78, 5) is 33.7. The minimum absolute atomic E-state index is 0.178. The number of carbonyl (C=O) groups excluding carboxylic acids is 3. The Kier molecular flexibility index (Phi) is 5.53. The second-order valence-electron chi connectivity index (χ2n) is 4.83. The number of carbonyl (C=O) groups is 3. The molecule has 1 aromatic carbocycles. The zero-order valence-electron chi connectivity index (χ0n) is 13.0. The van der Waals surface area contributed by atoms with Gasteiger partial charge >= 0.3 is 6.03 Å². The highest BCUT2D eigenvalue weighted by atomic mass is 32.2. The van der Waals surface area contributed by atoms with Crippen molar-refractivity contribution in [1.29, 1.82) is 0 Å². The van der Waals surface area contributed by atoms with Gasteiger partial charge in [0.25, 0.3) is 0 Å². The summed E-state index contributed by atoms with van der Waals surface area (Å²) in [5.74, 6) is -0.698. The smallest absolute Gasteiger partial charge is 0.318 e. The Bertz CT molecular complexity index is 775. The summed E-state index contributed by atoms with van der Waals surface area (Å²) in [5, 5.41) is 12.4. The minimum atomic E-state index is -0.906. The zero-order chi connectivity index (χ0) is 17.7. The highest BCUT2D eigenvalue weighted by Crippen LogP contribution is 2.25. The molecular formula is C14H16N6O3S. The third-order valence-electron chi connectivity index (χ3n) is 2.86. The lowest BCUT2D eigenvalue weighted by molar-refractivity contribution is -0.119. The van der Waals surface area contributed by atoms with Gasteiger partial charge in [-0.2, -0.15) is 0 Å². The maximum Gasteiger partial charge on any atom is 0.318 e. The fraction of sp³-hybridized carbons (Fsp3) is 0.214. The Morgan fingerprint density at radius 2 is 2.08 bits per heavy atom. The van der Waals surface area contributed by atoms with Crippen LogP contribution in [-0.4, -0.2) is 37.9 Å². The number of hydrogen-bond donors (Lipinski definition) is 3. The molecule has 0 spiro atoms. The van der Waals surface area contributed by atoms with Gasteiger partial charge in [-0.25, -0.2) is 4.79 Å². The molecule has 1 atom stereocenters. The van der Waals surface area contributed by atoms with Gasteiger partial charge in [0, 0.05) is 12.6 Å². The molecule has 9 nitrogen and oxygen atoms in total. The van der Waals surface area contributed by atoms with Crippen LogP contribution in [0.5, 0.6) is 0 Å². The first-order chi connectivity index (χ1) is 11.4. The molecule has 0 fully saturated rings. The third-order valence-corrected chi connectivity index (χ3v) is 3.92. The summed E-state index contributed by atoms with van der Waals surface area (Å²) in [6, 6.07) is 6.19. The topological polar surface area (TPSA) is 132 Å². The van der Waals surface area contributed by atoms with Crippen molar-refractivity contribution in [2.75, 3.05) is 5.32 Å². The summed E-state index contributed by atoms with van der Waals surface area (Å²) in [5.41, 5.74) is 6.28. The molecule has 4 amide bonds. The van der Waals surface area contributed by atoms with Gasteiger partial charge in [-0.15, -0.1) is 10.2 Å². The molecule has 10 heteroatoms. The molecule has 0 aliphatic heterocycles. The molecule has 0 unspecified atom stereocenters. The number of benzene rings is 1. The van der Waals surface area contributed by atoms with Gasteiger partial charge in [-0.1, -0.05) is 17.8 Å². The highest BCUT2D eigenvalue weighted by molar-refractivity contribution is 8.00. The molecule has 24 heavy (non-hydrogen) atoms. The molecule has 2 aromatic rings. The minimum Gasteiger partial charge on any atom is -0.351 e. The van der Waals surface area contributed by atoms with Crippen molar-refractivity contribution in [1.82, 2.24) is 20.1 Å². The summed E-state index contributed by atoms with van der Waals surface area (Å²) in [6.07, 6.45) is 1.49. The van der Waals surface area contributed by atoms with Crippen LogP contribution in [0.25, 0.3) is 5.69 Å². The Morgan fingerprint density at radius 3 is 2.75 bits per heavy atom. The molecule has 4 N–H and O–H groups in total. The van der Waals surface area contributed by atoms with Gasteiger partial charge in [0.15, 0.2) is 5.16 Å². The van der Waals surface area contributed by atoms with Gasteiger partial charge in [-0.3, -0.25) is 19.5 Å². The number of nitrogens with zero attached hydrogens (tertiary/aromatic N) is 3. The van der Waals surface area contributed by atoms with Crippen LogP contribution in [0.2, 0.25) is 0 Å². The number of nitrogens with one attached hydrogen (secondary N) is 2. The fourth-order valence-electron chi connectivity index (χ4n) is 1.85. The maximum atomic E-state index is 11.8. The predicted molar refractivity (Wildman–Crippen MR) is 88.7 cm³/mol. The van der Waals surface area contributed by atoms with E-state index in [2.05, 4.69) is 15.5 Å². The van der Waals surface area contributed by atoms with Gasteiger partial charge in [0.1, 0.15) is 6.33 Å². The van der Waals surface area contributed by atoms with Crippen molar-refractivity contribution in [3.8, 4) is 5.69 Å². The zero-order valence-corrected chi connectivity index (χ0v) is 13.8. The lowest BCUT2D eigenvalue weighted by Crippen LogP contribution is -2.39. The van der Waals surface area contributed by atoms with E-state index < -0.39 is 17.2 Å². The number of nitrogens with two attached hydrogens (primary N) is 1. The van der Waals surface area contributed by atoms with Gasteiger partial charge in [-0.05, 0) is 25.1 Å². The van der Waals surface area contributed by atoms with E-state index in [9.17, 15) is 14.4 Å². The van der Waals surface area contributed by atoms with E-state index in [-0.39, 0.29) is 5.91 Å². The molecule has 0 radical (unpaired) electrons. The van der Waals surface area contributed by atoms with Crippen molar-refractivity contribution in [2.45, 2.75) is 24.3 Å². The van der Waals surface area contributed by atoms with Crippen molar-refractivity contribution in [2.24, 2.45) is 5.73 Å². The predicted octanol–water partition coefficient (Wildman–Crippen LogP) is 0.901. The van der Waals surface area contributed by atoms with E-state index >= 15 is 0 Å². The Hall–Kier alpha value is -2.88. The molecule has 0 bridgehead atoms. The van der Waals surface area contributed by atoms with Crippen molar-refractivity contribution < 1.29 is 14.4 Å². The Morgan fingerprint density at radius 1 is 1.33 bits per heavy atom. The second-order valence-corrected chi connectivity index (χ2v) is 6.14. The van der Waals surface area contributed by atoms with Crippen LogP contribution in [0.15, 0.2) is 35.7 Å². The quantitative estimate of drug-likeness (QED) is 0.688. The fourth-order valence-corrected chi connectivity index (χ4v) is 2.70. The average Bonchev–Trinajstić information content (AvgIpc) is 2.94. The van der Waals surface area contributed by atoms with Crippen LogP contribution in [0, 0.1) is 0 Å². The largest absolute Gasteiger partial charge is 0.351 e. The van der Waals surface area contributed by atoms with E-state index in [4.69, 9.17) is 5.73 Å².